The molecule has 2 aromatic rings. The Morgan fingerprint density at radius 3 is 2.89 bits per heavy atom. The van der Waals surface area contributed by atoms with Gasteiger partial charge in [-0.05, 0) is 37.5 Å². The third-order valence-corrected chi connectivity index (χ3v) is 3.65. The highest BCUT2D eigenvalue weighted by Crippen LogP contribution is 2.34. The van der Waals surface area contributed by atoms with Crippen LogP contribution in [0.25, 0.3) is 10.9 Å². The van der Waals surface area contributed by atoms with Crippen LogP contribution in [0.1, 0.15) is 32.6 Å². The molecule has 0 bridgehead atoms. The molecule has 1 aromatic carbocycles. The number of nitrogen functional groups attached to an aromatic ring is 1. The molecule has 4 nitrogen and oxygen atoms in total. The van der Waals surface area contributed by atoms with E-state index >= 15 is 0 Å². The number of hydrogen-bond donors (Lipinski definition) is 1. The van der Waals surface area contributed by atoms with Gasteiger partial charge in [0.2, 0.25) is 0 Å². The second-order valence-electron chi connectivity index (χ2n) is 5.25. The third-order valence-electron chi connectivity index (χ3n) is 3.65. The molecule has 1 aliphatic rings. The normalized spacial score (nSPS) is 14.8. The van der Waals surface area contributed by atoms with Gasteiger partial charge in [-0.25, -0.2) is 9.97 Å². The first-order chi connectivity index (χ1) is 9.29. The predicted octanol–water partition coefficient (Wildman–Crippen LogP) is 2.98. The summed E-state index contributed by atoms with van der Waals surface area (Å²) in [5.74, 6) is 1.07. The minimum absolute atomic E-state index is 0.669. The maximum absolute atomic E-state index is 5.83. The molecule has 19 heavy (non-hydrogen) atoms. The van der Waals surface area contributed by atoms with E-state index in [2.05, 4.69) is 21.8 Å². The fourth-order valence-electron chi connectivity index (χ4n) is 2.46. The lowest BCUT2D eigenvalue weighted by Crippen LogP contribution is -2.28. The summed E-state index contributed by atoms with van der Waals surface area (Å²) in [6.45, 7) is 3.31. The Morgan fingerprint density at radius 1 is 1.32 bits per heavy atom. The van der Waals surface area contributed by atoms with Gasteiger partial charge in [-0.15, -0.1) is 0 Å². The maximum atomic E-state index is 5.83. The number of anilines is 2. The first-order valence-electron chi connectivity index (χ1n) is 7.06. The number of benzene rings is 1. The second kappa shape index (κ2) is 5.03. The monoisotopic (exact) mass is 256 g/mol. The van der Waals surface area contributed by atoms with Crippen molar-refractivity contribution in [2.45, 2.75) is 38.6 Å². The molecule has 0 aliphatic heterocycles. The molecule has 0 spiro atoms. The van der Waals surface area contributed by atoms with Gasteiger partial charge in [-0.1, -0.05) is 13.3 Å². The minimum Gasteiger partial charge on any atom is -0.399 e. The average molecular weight is 256 g/mol. The van der Waals surface area contributed by atoms with Crippen molar-refractivity contribution in [1.82, 2.24) is 9.97 Å². The number of hydrogen-bond acceptors (Lipinski definition) is 4. The molecule has 2 N–H and O–H groups in total. The summed E-state index contributed by atoms with van der Waals surface area (Å²) in [5.41, 5.74) is 7.52. The van der Waals surface area contributed by atoms with Crippen LogP contribution in [0.4, 0.5) is 11.5 Å². The van der Waals surface area contributed by atoms with E-state index in [0.29, 0.717) is 6.04 Å². The molecular formula is C15H20N4. The van der Waals surface area contributed by atoms with Crippen molar-refractivity contribution in [3.05, 3.63) is 24.5 Å². The SMILES string of the molecule is CCCCN(c1ncnc2cc(N)ccc12)C1CC1. The van der Waals surface area contributed by atoms with Gasteiger partial charge in [-0.3, -0.25) is 0 Å². The first kappa shape index (κ1) is 12.2. The smallest absolute Gasteiger partial charge is 0.140 e. The summed E-state index contributed by atoms with van der Waals surface area (Å²) in [7, 11) is 0. The Labute approximate surface area is 113 Å². The van der Waals surface area contributed by atoms with Crippen LogP contribution in [0.2, 0.25) is 0 Å². The van der Waals surface area contributed by atoms with E-state index < -0.39 is 0 Å². The zero-order chi connectivity index (χ0) is 13.2. The summed E-state index contributed by atoms with van der Waals surface area (Å²) in [4.78, 5) is 11.3. The van der Waals surface area contributed by atoms with E-state index in [1.165, 1.54) is 25.7 Å². The van der Waals surface area contributed by atoms with Gasteiger partial charge in [0.1, 0.15) is 12.1 Å². The predicted molar refractivity (Wildman–Crippen MR) is 79.2 cm³/mol. The summed E-state index contributed by atoms with van der Waals surface area (Å²) in [6, 6.07) is 6.56. The van der Waals surface area contributed by atoms with Crippen LogP contribution >= 0.6 is 0 Å². The quantitative estimate of drug-likeness (QED) is 0.836. The number of nitrogens with two attached hydrogens (primary N) is 1. The zero-order valence-electron chi connectivity index (χ0n) is 11.3. The van der Waals surface area contributed by atoms with Crippen LogP contribution in [0.15, 0.2) is 24.5 Å². The molecule has 1 aromatic heterocycles. The Kier molecular flexibility index (Phi) is 3.23. The molecule has 100 valence electrons. The van der Waals surface area contributed by atoms with Crippen molar-refractivity contribution in [2.24, 2.45) is 0 Å². The van der Waals surface area contributed by atoms with Crippen LogP contribution < -0.4 is 10.6 Å². The standard InChI is InChI=1S/C15H20N4/c1-2-3-8-19(12-5-6-12)15-13-7-4-11(16)9-14(13)17-10-18-15/h4,7,9-10,12H,2-3,5-6,8,16H2,1H3. The highest BCUT2D eigenvalue weighted by Gasteiger charge is 2.30. The molecular weight excluding hydrogens is 236 g/mol. The molecule has 1 fully saturated rings. The number of fused-ring (bicyclic) bond motifs is 1. The fraction of sp³-hybridized carbons (Fsp3) is 0.467. The van der Waals surface area contributed by atoms with Gasteiger partial charge < -0.3 is 10.6 Å². The maximum Gasteiger partial charge on any atom is 0.140 e. The Bertz CT molecular complexity index is 577. The number of unbranched alkanes of at least 4 members (excludes halogenated alkanes) is 1. The van der Waals surface area contributed by atoms with E-state index in [9.17, 15) is 0 Å². The fourth-order valence-corrected chi connectivity index (χ4v) is 2.46. The van der Waals surface area contributed by atoms with E-state index in [4.69, 9.17) is 5.73 Å². The summed E-state index contributed by atoms with van der Waals surface area (Å²) < 4.78 is 0. The molecule has 0 saturated heterocycles. The van der Waals surface area contributed by atoms with Gasteiger partial charge in [0.15, 0.2) is 0 Å². The average Bonchev–Trinajstić information content (AvgIpc) is 3.23. The Morgan fingerprint density at radius 2 is 2.16 bits per heavy atom. The molecule has 0 amide bonds. The highest BCUT2D eigenvalue weighted by molar-refractivity contribution is 5.91. The summed E-state index contributed by atoms with van der Waals surface area (Å²) in [5, 5.41) is 1.11. The molecule has 1 saturated carbocycles. The van der Waals surface area contributed by atoms with Crippen molar-refractivity contribution in [3.63, 3.8) is 0 Å². The van der Waals surface area contributed by atoms with Crippen molar-refractivity contribution in [3.8, 4) is 0 Å². The second-order valence-corrected chi connectivity index (χ2v) is 5.25. The van der Waals surface area contributed by atoms with Crippen molar-refractivity contribution in [1.29, 1.82) is 0 Å². The minimum atomic E-state index is 0.669. The molecule has 0 unspecified atom stereocenters. The van der Waals surface area contributed by atoms with E-state index in [1.54, 1.807) is 6.33 Å². The Balaban J connectivity index is 2.02. The molecule has 4 heteroatoms. The van der Waals surface area contributed by atoms with Crippen molar-refractivity contribution >= 4 is 22.4 Å². The lowest BCUT2D eigenvalue weighted by Gasteiger charge is -2.24. The Hall–Kier alpha value is -1.84. The zero-order valence-corrected chi connectivity index (χ0v) is 11.3. The van der Waals surface area contributed by atoms with E-state index in [0.717, 1.165) is 29.0 Å². The van der Waals surface area contributed by atoms with Crippen LogP contribution in [0, 0.1) is 0 Å². The van der Waals surface area contributed by atoms with Crippen molar-refractivity contribution in [2.75, 3.05) is 17.2 Å². The molecule has 1 aliphatic carbocycles. The largest absolute Gasteiger partial charge is 0.399 e. The lowest BCUT2D eigenvalue weighted by atomic mass is 10.2. The first-order valence-corrected chi connectivity index (χ1v) is 7.06. The van der Waals surface area contributed by atoms with Gasteiger partial charge in [-0.2, -0.15) is 0 Å². The van der Waals surface area contributed by atoms with Gasteiger partial charge in [0.25, 0.3) is 0 Å². The van der Waals surface area contributed by atoms with Gasteiger partial charge in [0, 0.05) is 23.7 Å². The van der Waals surface area contributed by atoms with E-state index in [-0.39, 0.29) is 0 Å². The van der Waals surface area contributed by atoms with Crippen molar-refractivity contribution < 1.29 is 0 Å². The highest BCUT2D eigenvalue weighted by atomic mass is 15.2. The number of aromatic nitrogens is 2. The van der Waals surface area contributed by atoms with Crippen LogP contribution in [0.3, 0.4) is 0 Å². The molecule has 1 heterocycles. The number of nitrogens with zero attached hydrogens (tertiary/aromatic N) is 3. The molecule has 3 rings (SSSR count). The topological polar surface area (TPSA) is 55.0 Å². The summed E-state index contributed by atoms with van der Waals surface area (Å²) >= 11 is 0. The third kappa shape index (κ3) is 2.48. The van der Waals surface area contributed by atoms with Crippen LogP contribution in [-0.2, 0) is 0 Å². The lowest BCUT2D eigenvalue weighted by molar-refractivity contribution is 0.706. The molecule has 0 atom stereocenters. The van der Waals surface area contributed by atoms with E-state index in [1.807, 2.05) is 18.2 Å². The van der Waals surface area contributed by atoms with Crippen LogP contribution in [-0.4, -0.2) is 22.6 Å². The van der Waals surface area contributed by atoms with Crippen LogP contribution in [0.5, 0.6) is 0 Å². The van der Waals surface area contributed by atoms with Gasteiger partial charge >= 0.3 is 0 Å². The molecule has 0 radical (unpaired) electrons. The summed E-state index contributed by atoms with van der Waals surface area (Å²) in [6.07, 6.45) is 6.63. The van der Waals surface area contributed by atoms with Gasteiger partial charge in [0.05, 0.1) is 5.52 Å². The number of rotatable bonds is 5.